The minimum Gasteiger partial charge on any atom is -0.492 e. The SMILES string of the molecule is CN(CCOc1ccc(F)cc1)CC(=O)N1CCOCC1. The highest BCUT2D eigenvalue weighted by Crippen LogP contribution is 2.10. The van der Waals surface area contributed by atoms with E-state index in [4.69, 9.17) is 9.47 Å². The first kappa shape index (κ1) is 15.7. The molecule has 1 aromatic carbocycles. The van der Waals surface area contributed by atoms with Crippen molar-refractivity contribution < 1.29 is 18.7 Å². The molecule has 2 rings (SSSR count). The van der Waals surface area contributed by atoms with Crippen LogP contribution < -0.4 is 4.74 Å². The van der Waals surface area contributed by atoms with Gasteiger partial charge in [-0.25, -0.2) is 4.39 Å². The Balaban J connectivity index is 1.65. The summed E-state index contributed by atoms with van der Waals surface area (Å²) in [5.41, 5.74) is 0. The van der Waals surface area contributed by atoms with E-state index in [1.807, 2.05) is 16.8 Å². The van der Waals surface area contributed by atoms with Crippen LogP contribution in [0.4, 0.5) is 4.39 Å². The van der Waals surface area contributed by atoms with Gasteiger partial charge in [-0.1, -0.05) is 0 Å². The number of likely N-dealkylation sites (N-methyl/N-ethyl adjacent to an activating group) is 1. The Kier molecular flexibility index (Phi) is 5.95. The Labute approximate surface area is 124 Å². The molecular weight excluding hydrogens is 275 g/mol. The zero-order valence-corrected chi connectivity index (χ0v) is 12.3. The van der Waals surface area contributed by atoms with E-state index in [2.05, 4.69) is 0 Å². The summed E-state index contributed by atoms with van der Waals surface area (Å²) in [6.07, 6.45) is 0. The fourth-order valence-electron chi connectivity index (χ4n) is 2.07. The average Bonchev–Trinajstić information content (AvgIpc) is 2.50. The van der Waals surface area contributed by atoms with Crippen LogP contribution in [-0.4, -0.2) is 68.8 Å². The smallest absolute Gasteiger partial charge is 0.236 e. The Morgan fingerprint density at radius 3 is 2.67 bits per heavy atom. The summed E-state index contributed by atoms with van der Waals surface area (Å²) in [7, 11) is 1.88. The van der Waals surface area contributed by atoms with Gasteiger partial charge in [0.25, 0.3) is 0 Å². The molecule has 1 amide bonds. The third kappa shape index (κ3) is 5.32. The Bertz CT molecular complexity index is 447. The van der Waals surface area contributed by atoms with E-state index in [1.165, 1.54) is 12.1 Å². The highest BCUT2D eigenvalue weighted by molar-refractivity contribution is 5.78. The molecule has 1 saturated heterocycles. The van der Waals surface area contributed by atoms with Gasteiger partial charge in [-0.05, 0) is 31.3 Å². The van der Waals surface area contributed by atoms with Crippen LogP contribution >= 0.6 is 0 Å². The van der Waals surface area contributed by atoms with Gasteiger partial charge in [0.2, 0.25) is 5.91 Å². The predicted molar refractivity (Wildman–Crippen MR) is 76.8 cm³/mol. The topological polar surface area (TPSA) is 42.0 Å². The van der Waals surface area contributed by atoms with Crippen LogP contribution in [0.1, 0.15) is 0 Å². The first-order valence-corrected chi connectivity index (χ1v) is 7.07. The quantitative estimate of drug-likeness (QED) is 0.785. The molecular formula is C15H21FN2O3. The lowest BCUT2D eigenvalue weighted by Gasteiger charge is -2.28. The number of rotatable bonds is 6. The summed E-state index contributed by atoms with van der Waals surface area (Å²) < 4.78 is 23.5. The number of halogens is 1. The minimum absolute atomic E-state index is 0.114. The van der Waals surface area contributed by atoms with Crippen molar-refractivity contribution in [2.24, 2.45) is 0 Å². The number of nitrogens with zero attached hydrogens (tertiary/aromatic N) is 2. The third-order valence-electron chi connectivity index (χ3n) is 3.32. The molecule has 0 bridgehead atoms. The molecule has 1 aromatic rings. The van der Waals surface area contributed by atoms with Gasteiger partial charge in [-0.2, -0.15) is 0 Å². The summed E-state index contributed by atoms with van der Waals surface area (Å²) in [6.45, 7) is 4.02. The second kappa shape index (κ2) is 7.95. The average molecular weight is 296 g/mol. The number of benzene rings is 1. The largest absolute Gasteiger partial charge is 0.492 e. The van der Waals surface area contributed by atoms with Gasteiger partial charge >= 0.3 is 0 Å². The Morgan fingerprint density at radius 1 is 1.33 bits per heavy atom. The first-order chi connectivity index (χ1) is 10.1. The Morgan fingerprint density at radius 2 is 2.00 bits per heavy atom. The normalized spacial score (nSPS) is 15.3. The molecule has 1 aliphatic heterocycles. The van der Waals surface area contributed by atoms with Crippen LogP contribution in [0.25, 0.3) is 0 Å². The minimum atomic E-state index is -0.282. The van der Waals surface area contributed by atoms with E-state index in [1.54, 1.807) is 12.1 Å². The summed E-state index contributed by atoms with van der Waals surface area (Å²) in [6, 6.07) is 5.91. The van der Waals surface area contributed by atoms with Crippen molar-refractivity contribution in [2.45, 2.75) is 0 Å². The van der Waals surface area contributed by atoms with Crippen LogP contribution in [0, 0.1) is 5.82 Å². The van der Waals surface area contributed by atoms with Crippen molar-refractivity contribution in [3.05, 3.63) is 30.1 Å². The number of carbonyl (C=O) groups excluding carboxylic acids is 1. The zero-order chi connectivity index (χ0) is 15.1. The van der Waals surface area contributed by atoms with Gasteiger partial charge in [0.1, 0.15) is 18.2 Å². The summed E-state index contributed by atoms with van der Waals surface area (Å²) >= 11 is 0. The molecule has 1 fully saturated rings. The van der Waals surface area contributed by atoms with Gasteiger partial charge < -0.3 is 14.4 Å². The zero-order valence-electron chi connectivity index (χ0n) is 12.3. The highest BCUT2D eigenvalue weighted by atomic mass is 19.1. The molecule has 0 N–H and O–H groups in total. The third-order valence-corrected chi connectivity index (χ3v) is 3.32. The molecule has 1 aliphatic rings. The van der Waals surface area contributed by atoms with Crippen molar-refractivity contribution in [2.75, 3.05) is 53.0 Å². The number of carbonyl (C=O) groups is 1. The van der Waals surface area contributed by atoms with Gasteiger partial charge in [0.05, 0.1) is 19.8 Å². The number of ether oxygens (including phenoxy) is 2. The lowest BCUT2D eigenvalue weighted by molar-refractivity contribution is -0.136. The van der Waals surface area contributed by atoms with E-state index in [0.717, 1.165) is 0 Å². The van der Waals surface area contributed by atoms with Gasteiger partial charge in [0.15, 0.2) is 0 Å². The highest BCUT2D eigenvalue weighted by Gasteiger charge is 2.17. The van der Waals surface area contributed by atoms with Gasteiger partial charge in [-0.3, -0.25) is 9.69 Å². The van der Waals surface area contributed by atoms with E-state index in [0.29, 0.717) is 51.7 Å². The fourth-order valence-corrected chi connectivity index (χ4v) is 2.07. The van der Waals surface area contributed by atoms with E-state index >= 15 is 0 Å². The molecule has 21 heavy (non-hydrogen) atoms. The van der Waals surface area contributed by atoms with Crippen LogP contribution in [0.5, 0.6) is 5.75 Å². The summed E-state index contributed by atoms with van der Waals surface area (Å²) in [5, 5.41) is 0. The molecule has 0 radical (unpaired) electrons. The molecule has 1 heterocycles. The van der Waals surface area contributed by atoms with Crippen molar-refractivity contribution in [1.29, 1.82) is 0 Å². The van der Waals surface area contributed by atoms with Crippen LogP contribution in [-0.2, 0) is 9.53 Å². The standard InChI is InChI=1S/C15H21FN2O3/c1-17(12-15(19)18-7-9-20-10-8-18)6-11-21-14-4-2-13(16)3-5-14/h2-5H,6-12H2,1H3. The van der Waals surface area contributed by atoms with E-state index in [-0.39, 0.29) is 11.7 Å². The molecule has 5 nitrogen and oxygen atoms in total. The molecule has 0 unspecified atom stereocenters. The van der Waals surface area contributed by atoms with E-state index < -0.39 is 0 Å². The molecule has 6 heteroatoms. The predicted octanol–water partition coefficient (Wildman–Crippen LogP) is 0.995. The maximum Gasteiger partial charge on any atom is 0.236 e. The van der Waals surface area contributed by atoms with Crippen molar-refractivity contribution in [1.82, 2.24) is 9.80 Å². The monoisotopic (exact) mass is 296 g/mol. The lowest BCUT2D eigenvalue weighted by atomic mass is 10.3. The fraction of sp³-hybridized carbons (Fsp3) is 0.533. The van der Waals surface area contributed by atoms with Crippen LogP contribution in [0.2, 0.25) is 0 Å². The Hall–Kier alpha value is -1.66. The summed E-state index contributed by atoms with van der Waals surface area (Å²) in [4.78, 5) is 15.8. The summed E-state index contributed by atoms with van der Waals surface area (Å²) in [5.74, 6) is 0.461. The first-order valence-electron chi connectivity index (χ1n) is 7.07. The number of amides is 1. The maximum absolute atomic E-state index is 12.7. The molecule has 116 valence electrons. The molecule has 0 atom stereocenters. The van der Waals surface area contributed by atoms with E-state index in [9.17, 15) is 9.18 Å². The maximum atomic E-state index is 12.7. The van der Waals surface area contributed by atoms with Gasteiger partial charge in [0, 0.05) is 19.6 Å². The van der Waals surface area contributed by atoms with Crippen LogP contribution in [0.15, 0.2) is 24.3 Å². The molecule has 0 saturated carbocycles. The van der Waals surface area contributed by atoms with Crippen molar-refractivity contribution >= 4 is 5.91 Å². The number of morpholine rings is 1. The lowest BCUT2D eigenvalue weighted by Crippen LogP contribution is -2.45. The molecule has 0 spiro atoms. The number of hydrogen-bond acceptors (Lipinski definition) is 4. The molecule has 0 aliphatic carbocycles. The van der Waals surface area contributed by atoms with Crippen molar-refractivity contribution in [3.63, 3.8) is 0 Å². The number of hydrogen-bond donors (Lipinski definition) is 0. The second-order valence-electron chi connectivity index (χ2n) is 5.03. The van der Waals surface area contributed by atoms with Gasteiger partial charge in [-0.15, -0.1) is 0 Å². The van der Waals surface area contributed by atoms with Crippen LogP contribution in [0.3, 0.4) is 0 Å². The molecule has 0 aromatic heterocycles. The second-order valence-corrected chi connectivity index (χ2v) is 5.03. The van der Waals surface area contributed by atoms with Crippen molar-refractivity contribution in [3.8, 4) is 5.75 Å².